The van der Waals surface area contributed by atoms with Gasteiger partial charge in [0.25, 0.3) is 23.4 Å². The van der Waals surface area contributed by atoms with Crippen molar-refractivity contribution in [3.63, 3.8) is 0 Å². The number of fused-ring (bicyclic) bond motifs is 1. The molecule has 58 heavy (non-hydrogen) atoms. The number of carbonyl (C=O) groups is 5. The van der Waals surface area contributed by atoms with Crippen LogP contribution in [0.4, 0.5) is 5.69 Å². The number of nitrogens with one attached hydrogen (secondary N) is 2. The van der Waals surface area contributed by atoms with Gasteiger partial charge in [-0.15, -0.1) is 0 Å². The molecule has 1 saturated heterocycles. The summed E-state index contributed by atoms with van der Waals surface area (Å²) in [5.74, 6) is -1.51. The van der Waals surface area contributed by atoms with Gasteiger partial charge < -0.3 is 9.73 Å². The Balaban J connectivity index is 0.803. The molecule has 13 heteroatoms. The van der Waals surface area contributed by atoms with Gasteiger partial charge in [-0.25, -0.2) is 4.98 Å². The number of amides is 5. The number of hydrogen-bond donors (Lipinski definition) is 2. The lowest BCUT2D eigenvalue weighted by atomic mass is 10.00. The quantitative estimate of drug-likeness (QED) is 0.0408. The van der Waals surface area contributed by atoms with E-state index in [1.807, 2.05) is 36.4 Å². The van der Waals surface area contributed by atoms with E-state index in [2.05, 4.69) is 10.6 Å². The molecule has 2 N–H and O–H groups in total. The van der Waals surface area contributed by atoms with E-state index in [1.165, 1.54) is 12.1 Å². The van der Waals surface area contributed by atoms with Crippen LogP contribution in [0.1, 0.15) is 101 Å². The summed E-state index contributed by atoms with van der Waals surface area (Å²) in [6.45, 7) is 0.593. The number of unbranched alkanes of at least 4 members (excludes halogenated alkanes) is 7. The van der Waals surface area contributed by atoms with Crippen LogP contribution >= 0.6 is 0 Å². The zero-order valence-electron chi connectivity index (χ0n) is 31.9. The Morgan fingerprint density at radius 3 is 2.14 bits per heavy atom. The maximum Gasteiger partial charge on any atom is 0.269 e. The van der Waals surface area contributed by atoms with Gasteiger partial charge >= 0.3 is 0 Å². The molecule has 0 saturated carbocycles. The highest BCUT2D eigenvalue weighted by Crippen LogP contribution is 2.32. The van der Waals surface area contributed by atoms with Gasteiger partial charge in [0.15, 0.2) is 5.76 Å². The van der Waals surface area contributed by atoms with Crippen molar-refractivity contribution in [1.29, 1.82) is 0 Å². The molecule has 0 radical (unpaired) electrons. The number of nitrogens with zero attached hydrogens (tertiary/aromatic N) is 3. The molecule has 0 bridgehead atoms. The Kier molecular flexibility index (Phi) is 12.3. The standard InChI is InChI=1S/C45H43N5O8/c51-41-23-22-39(43(53)48-41)49-44(54)35-21-12-29(26-36(35)45(49)55)10-7-5-3-1-2-4-6-8-24-46-42(52)32-15-13-30(14-16-32)33-27-37(31-17-19-34(20-18-31)50(56)57)47-38(28-33)40-11-9-25-58-40/h9,11-21,25-28,39H,1-8,10,22-24H2,(H,46,52)(H,48,51,53). The number of nitro benzene ring substituents is 1. The van der Waals surface area contributed by atoms with Crippen LogP contribution in [0, 0.1) is 10.1 Å². The molecule has 296 valence electrons. The van der Waals surface area contributed by atoms with Crippen LogP contribution in [-0.4, -0.2) is 56.9 Å². The summed E-state index contributed by atoms with van der Waals surface area (Å²) in [6.07, 6.45) is 10.9. The van der Waals surface area contributed by atoms with E-state index in [1.54, 1.807) is 48.7 Å². The lowest BCUT2D eigenvalue weighted by Gasteiger charge is -2.27. The van der Waals surface area contributed by atoms with Gasteiger partial charge in [0.05, 0.1) is 28.0 Å². The topological polar surface area (TPSA) is 182 Å². The number of furan rings is 1. The molecule has 13 nitrogen and oxygen atoms in total. The van der Waals surface area contributed by atoms with Gasteiger partial charge in [0.2, 0.25) is 11.8 Å². The van der Waals surface area contributed by atoms with Crippen LogP contribution in [0.2, 0.25) is 0 Å². The fourth-order valence-corrected chi connectivity index (χ4v) is 7.46. The minimum atomic E-state index is -0.963. The third-order valence-electron chi connectivity index (χ3n) is 10.6. The van der Waals surface area contributed by atoms with Gasteiger partial charge in [-0.1, -0.05) is 56.7 Å². The molecule has 1 fully saturated rings. The van der Waals surface area contributed by atoms with E-state index in [0.29, 0.717) is 40.4 Å². The molecule has 2 aliphatic rings. The fraction of sp³-hybridized carbons (Fsp3) is 0.289. The average Bonchev–Trinajstić information content (AvgIpc) is 3.86. The Hall–Kier alpha value is -6.76. The lowest BCUT2D eigenvalue weighted by molar-refractivity contribution is -0.384. The smallest absolute Gasteiger partial charge is 0.269 e. The Morgan fingerprint density at radius 1 is 0.776 bits per heavy atom. The summed E-state index contributed by atoms with van der Waals surface area (Å²) in [5, 5.41) is 16.4. The minimum absolute atomic E-state index is 0.000661. The molecule has 1 unspecified atom stereocenters. The van der Waals surface area contributed by atoms with Gasteiger partial charge in [-0.3, -0.25) is 44.3 Å². The first kappa shape index (κ1) is 39.5. The van der Waals surface area contributed by atoms with Crippen LogP contribution in [0.15, 0.2) is 102 Å². The Labute approximate surface area is 335 Å². The van der Waals surface area contributed by atoms with Crippen molar-refractivity contribution in [2.24, 2.45) is 0 Å². The van der Waals surface area contributed by atoms with Crippen molar-refractivity contribution in [3.05, 3.63) is 130 Å². The molecule has 5 aromatic rings. The minimum Gasteiger partial charge on any atom is -0.463 e. The highest BCUT2D eigenvalue weighted by atomic mass is 16.6. The van der Waals surface area contributed by atoms with Gasteiger partial charge in [-0.2, -0.15) is 0 Å². The number of aryl methyl sites for hydroxylation is 1. The number of benzene rings is 3. The SMILES string of the molecule is O=C1CCC(N2C(=O)c3ccc(CCCCCCCCCCNC(=O)c4ccc(-c5cc(-c6ccc([N+](=O)[O-])cc6)nc(-c6ccco6)c5)cc4)cc3C2=O)C(=O)N1. The number of carbonyl (C=O) groups excluding carboxylic acids is 5. The molecule has 5 amide bonds. The number of aromatic nitrogens is 1. The number of nitro groups is 1. The zero-order chi connectivity index (χ0) is 40.6. The van der Waals surface area contributed by atoms with Crippen molar-refractivity contribution in [3.8, 4) is 33.8 Å². The van der Waals surface area contributed by atoms with Gasteiger partial charge in [-0.05, 0) is 103 Å². The summed E-state index contributed by atoms with van der Waals surface area (Å²) in [4.78, 5) is 79.2. The molecular weight excluding hydrogens is 739 g/mol. The molecule has 3 aromatic carbocycles. The Morgan fingerprint density at radius 2 is 1.45 bits per heavy atom. The maximum absolute atomic E-state index is 13.1. The highest BCUT2D eigenvalue weighted by molar-refractivity contribution is 6.23. The second-order valence-electron chi connectivity index (χ2n) is 14.6. The van der Waals surface area contributed by atoms with Crippen LogP contribution in [0.3, 0.4) is 0 Å². The van der Waals surface area contributed by atoms with Crippen molar-refractivity contribution < 1.29 is 33.3 Å². The van der Waals surface area contributed by atoms with Crippen LogP contribution in [-0.2, 0) is 16.0 Å². The first-order valence-corrected chi connectivity index (χ1v) is 19.7. The molecule has 0 spiro atoms. The van der Waals surface area contributed by atoms with E-state index in [9.17, 15) is 34.1 Å². The van der Waals surface area contributed by atoms with Crippen LogP contribution in [0.25, 0.3) is 33.8 Å². The van der Waals surface area contributed by atoms with E-state index in [0.717, 1.165) is 84.9 Å². The molecule has 0 aliphatic carbocycles. The summed E-state index contributed by atoms with van der Waals surface area (Å²) in [7, 11) is 0. The Bertz CT molecular complexity index is 2340. The molecule has 4 heterocycles. The number of imide groups is 2. The van der Waals surface area contributed by atoms with E-state index in [4.69, 9.17) is 9.40 Å². The van der Waals surface area contributed by atoms with Crippen molar-refractivity contribution in [2.45, 2.75) is 76.7 Å². The predicted octanol–water partition coefficient (Wildman–Crippen LogP) is 8.08. The molecular formula is C45H43N5O8. The summed E-state index contributed by atoms with van der Waals surface area (Å²) in [5.41, 5.74) is 5.88. The van der Waals surface area contributed by atoms with Crippen LogP contribution in [0.5, 0.6) is 0 Å². The average molecular weight is 782 g/mol. The predicted molar refractivity (Wildman–Crippen MR) is 216 cm³/mol. The van der Waals surface area contributed by atoms with Crippen molar-refractivity contribution in [1.82, 2.24) is 20.5 Å². The number of piperidine rings is 1. The summed E-state index contributed by atoms with van der Waals surface area (Å²) in [6, 6.07) is 25.4. The lowest BCUT2D eigenvalue weighted by Crippen LogP contribution is -2.54. The van der Waals surface area contributed by atoms with Crippen molar-refractivity contribution >= 4 is 35.2 Å². The molecule has 1 atom stereocenters. The molecule has 7 rings (SSSR count). The van der Waals surface area contributed by atoms with Gasteiger partial charge in [0, 0.05) is 36.2 Å². The number of rotatable bonds is 17. The normalized spacial score (nSPS) is 15.0. The summed E-state index contributed by atoms with van der Waals surface area (Å²) >= 11 is 0. The van der Waals surface area contributed by atoms with Crippen LogP contribution < -0.4 is 10.6 Å². The first-order valence-electron chi connectivity index (χ1n) is 19.7. The van der Waals surface area contributed by atoms with Gasteiger partial charge in [0.1, 0.15) is 11.7 Å². The second kappa shape index (κ2) is 18.0. The fourth-order valence-electron chi connectivity index (χ4n) is 7.46. The third-order valence-corrected chi connectivity index (χ3v) is 10.6. The third kappa shape index (κ3) is 9.10. The number of pyridine rings is 1. The van der Waals surface area contributed by atoms with E-state index < -0.39 is 34.6 Å². The molecule has 2 aliphatic heterocycles. The first-order chi connectivity index (χ1) is 28.2. The molecule has 2 aromatic heterocycles. The number of non-ortho nitro benzene ring substituents is 1. The van der Waals surface area contributed by atoms with E-state index in [-0.39, 0.29) is 24.4 Å². The summed E-state index contributed by atoms with van der Waals surface area (Å²) < 4.78 is 5.60. The largest absolute Gasteiger partial charge is 0.463 e. The monoisotopic (exact) mass is 781 g/mol. The number of hydrogen-bond acceptors (Lipinski definition) is 9. The second-order valence-corrected chi connectivity index (χ2v) is 14.6. The highest BCUT2D eigenvalue weighted by Gasteiger charge is 2.44. The van der Waals surface area contributed by atoms with Crippen molar-refractivity contribution in [2.75, 3.05) is 6.54 Å². The zero-order valence-corrected chi connectivity index (χ0v) is 31.9. The maximum atomic E-state index is 13.1. The van der Waals surface area contributed by atoms with E-state index >= 15 is 0 Å².